The lowest BCUT2D eigenvalue weighted by atomic mass is 10.0. The van der Waals surface area contributed by atoms with E-state index in [0.717, 1.165) is 55.5 Å². The summed E-state index contributed by atoms with van der Waals surface area (Å²) in [5, 5.41) is 13.7. The standard InChI is InChI=1S/C32H35N7O4/c33-17-22(28-19-35-26-4-1-2-5-27(26)36-28)18-34-23-10-13-38(14-11-23)12-3-15-43-24-6-7-25-21(16-24)20-39(32(25)42)29-8-9-30(40)37-31(29)41/h1-2,4-7,16-19,23,29,33-34H,3,8-15,20H2,(H,37,40,41)/b22-18+,33-17?. The van der Waals surface area contributed by atoms with Crippen LogP contribution < -0.4 is 15.4 Å². The number of allylic oxidation sites excluding steroid dienone is 1. The first kappa shape index (κ1) is 28.5. The topological polar surface area (TPSA) is 141 Å². The lowest BCUT2D eigenvalue weighted by Crippen LogP contribution is -2.52. The summed E-state index contributed by atoms with van der Waals surface area (Å²) >= 11 is 0. The van der Waals surface area contributed by atoms with E-state index in [0.29, 0.717) is 48.2 Å². The van der Waals surface area contributed by atoms with Crippen molar-refractivity contribution in [1.29, 1.82) is 5.41 Å². The number of benzene rings is 2. The number of aromatic nitrogens is 2. The third-order valence-electron chi connectivity index (χ3n) is 8.34. The number of fused-ring (bicyclic) bond motifs is 2. The Hall–Kier alpha value is -4.64. The number of hydrogen-bond acceptors (Lipinski definition) is 9. The fourth-order valence-corrected chi connectivity index (χ4v) is 5.94. The number of carbonyl (C=O) groups excluding carboxylic acids is 3. The second-order valence-electron chi connectivity index (χ2n) is 11.2. The van der Waals surface area contributed by atoms with E-state index in [1.807, 2.05) is 36.5 Å². The molecule has 11 nitrogen and oxygen atoms in total. The van der Waals surface area contributed by atoms with E-state index in [1.54, 1.807) is 23.2 Å². The molecule has 1 atom stereocenters. The largest absolute Gasteiger partial charge is 0.494 e. The number of imide groups is 1. The molecular formula is C32H35N7O4. The van der Waals surface area contributed by atoms with Gasteiger partial charge in [-0.2, -0.15) is 0 Å². The summed E-state index contributed by atoms with van der Waals surface area (Å²) < 4.78 is 6.01. The van der Waals surface area contributed by atoms with Crippen molar-refractivity contribution in [3.05, 3.63) is 71.7 Å². The van der Waals surface area contributed by atoms with Crippen LogP contribution in [0.5, 0.6) is 5.75 Å². The Balaban J connectivity index is 0.929. The molecule has 0 bridgehead atoms. The zero-order chi connectivity index (χ0) is 29.8. The van der Waals surface area contributed by atoms with E-state index in [4.69, 9.17) is 10.1 Å². The quantitative estimate of drug-likeness (QED) is 0.189. The van der Waals surface area contributed by atoms with Crippen LogP contribution in [-0.2, 0) is 16.1 Å². The number of ether oxygens (including phenoxy) is 1. The highest BCUT2D eigenvalue weighted by molar-refractivity contribution is 6.07. The first-order chi connectivity index (χ1) is 21.0. The minimum absolute atomic E-state index is 0.180. The van der Waals surface area contributed by atoms with Crippen LogP contribution in [0.3, 0.4) is 0 Å². The van der Waals surface area contributed by atoms with Gasteiger partial charge in [0, 0.05) is 62.2 Å². The second kappa shape index (κ2) is 12.7. The van der Waals surface area contributed by atoms with Gasteiger partial charge in [-0.3, -0.25) is 24.7 Å². The molecule has 3 amide bonds. The molecule has 3 aromatic rings. The summed E-state index contributed by atoms with van der Waals surface area (Å²) in [6.45, 7) is 3.82. The van der Waals surface area contributed by atoms with E-state index in [9.17, 15) is 14.4 Å². The number of hydrogen-bond donors (Lipinski definition) is 3. The van der Waals surface area contributed by atoms with Crippen molar-refractivity contribution >= 4 is 40.5 Å². The SMILES string of the molecule is N=C/C(=C\NC1CCN(CCCOc2ccc3c(c2)CN(C2CCC(=O)NC2=O)C3=O)CC1)c1cnc2ccccc2n1. The summed E-state index contributed by atoms with van der Waals surface area (Å²) in [5.41, 5.74) is 4.46. The predicted molar refractivity (Wildman–Crippen MR) is 161 cm³/mol. The molecular weight excluding hydrogens is 546 g/mol. The van der Waals surface area contributed by atoms with Crippen molar-refractivity contribution in [2.75, 3.05) is 26.2 Å². The van der Waals surface area contributed by atoms with E-state index < -0.39 is 11.9 Å². The zero-order valence-corrected chi connectivity index (χ0v) is 23.9. The molecule has 1 unspecified atom stereocenters. The third kappa shape index (κ3) is 6.41. The van der Waals surface area contributed by atoms with Gasteiger partial charge < -0.3 is 25.3 Å². The molecule has 2 saturated heterocycles. The number of nitrogens with zero attached hydrogens (tertiary/aromatic N) is 4. The fraction of sp³-hybridized carbons (Fsp3) is 0.375. The average molecular weight is 582 g/mol. The van der Waals surface area contributed by atoms with Crippen molar-refractivity contribution < 1.29 is 19.1 Å². The molecule has 3 aliphatic rings. The molecule has 0 radical (unpaired) electrons. The van der Waals surface area contributed by atoms with E-state index >= 15 is 0 Å². The molecule has 1 aromatic heterocycles. The molecule has 0 spiro atoms. The number of likely N-dealkylation sites (tertiary alicyclic amines) is 1. The number of para-hydroxylation sites is 2. The Bertz CT molecular complexity index is 1580. The van der Waals surface area contributed by atoms with Gasteiger partial charge in [0.05, 0.1) is 29.5 Å². The molecule has 6 rings (SSSR count). The van der Waals surface area contributed by atoms with Crippen LogP contribution in [0.4, 0.5) is 0 Å². The number of amides is 3. The first-order valence-corrected chi connectivity index (χ1v) is 14.8. The van der Waals surface area contributed by atoms with Crippen molar-refractivity contribution in [3.63, 3.8) is 0 Å². The van der Waals surface area contributed by atoms with Gasteiger partial charge in [-0.15, -0.1) is 0 Å². The summed E-state index contributed by atoms with van der Waals surface area (Å²) in [7, 11) is 0. The summed E-state index contributed by atoms with van der Waals surface area (Å²) in [5.74, 6) is -0.164. The van der Waals surface area contributed by atoms with Gasteiger partial charge in [0.15, 0.2) is 0 Å². The number of rotatable bonds is 10. The zero-order valence-electron chi connectivity index (χ0n) is 23.9. The molecule has 4 heterocycles. The van der Waals surface area contributed by atoms with Crippen molar-refractivity contribution in [2.24, 2.45) is 0 Å². The molecule has 3 N–H and O–H groups in total. The second-order valence-corrected chi connectivity index (χ2v) is 11.2. The predicted octanol–water partition coefficient (Wildman–Crippen LogP) is 2.90. The Morgan fingerprint density at radius 1 is 1.09 bits per heavy atom. The first-order valence-electron chi connectivity index (χ1n) is 14.8. The average Bonchev–Trinajstić information content (AvgIpc) is 3.35. The van der Waals surface area contributed by atoms with Gasteiger partial charge in [-0.1, -0.05) is 12.1 Å². The number of piperidine rings is 2. The van der Waals surface area contributed by atoms with Gasteiger partial charge in [-0.25, -0.2) is 4.98 Å². The van der Waals surface area contributed by atoms with Crippen molar-refractivity contribution in [3.8, 4) is 5.75 Å². The van der Waals surface area contributed by atoms with Crippen LogP contribution >= 0.6 is 0 Å². The van der Waals surface area contributed by atoms with Crippen LogP contribution in [0.2, 0.25) is 0 Å². The Labute approximate surface area is 249 Å². The van der Waals surface area contributed by atoms with Crippen LogP contribution in [-0.4, -0.2) is 82.0 Å². The molecule has 0 saturated carbocycles. The summed E-state index contributed by atoms with van der Waals surface area (Å²) in [4.78, 5) is 49.7. The van der Waals surface area contributed by atoms with Gasteiger partial charge in [-0.05, 0) is 61.6 Å². The normalized spacial score (nSPS) is 19.8. The number of carbonyl (C=O) groups is 3. The van der Waals surface area contributed by atoms with Gasteiger partial charge in [0.1, 0.15) is 11.8 Å². The Morgan fingerprint density at radius 3 is 2.70 bits per heavy atom. The molecule has 43 heavy (non-hydrogen) atoms. The minimum Gasteiger partial charge on any atom is -0.494 e. The lowest BCUT2D eigenvalue weighted by molar-refractivity contribution is -0.136. The van der Waals surface area contributed by atoms with E-state index in [1.165, 1.54) is 6.21 Å². The van der Waals surface area contributed by atoms with E-state index in [-0.39, 0.29) is 18.2 Å². The smallest absolute Gasteiger partial charge is 0.255 e. The molecule has 3 aliphatic heterocycles. The monoisotopic (exact) mass is 581 g/mol. The van der Waals surface area contributed by atoms with Crippen LogP contribution in [0.1, 0.15) is 53.7 Å². The van der Waals surface area contributed by atoms with Crippen LogP contribution in [0.15, 0.2) is 54.9 Å². The summed E-state index contributed by atoms with van der Waals surface area (Å²) in [6.07, 6.45) is 8.40. The van der Waals surface area contributed by atoms with Crippen molar-refractivity contribution in [2.45, 2.75) is 50.7 Å². The molecule has 2 fully saturated rings. The number of nitrogens with one attached hydrogen (secondary N) is 3. The van der Waals surface area contributed by atoms with Gasteiger partial charge >= 0.3 is 0 Å². The van der Waals surface area contributed by atoms with Gasteiger partial charge in [0.25, 0.3) is 5.91 Å². The molecule has 2 aromatic carbocycles. The maximum Gasteiger partial charge on any atom is 0.255 e. The minimum atomic E-state index is -0.616. The molecule has 11 heteroatoms. The highest BCUT2D eigenvalue weighted by atomic mass is 16.5. The van der Waals surface area contributed by atoms with Gasteiger partial charge in [0.2, 0.25) is 11.8 Å². The Morgan fingerprint density at radius 2 is 1.91 bits per heavy atom. The van der Waals surface area contributed by atoms with Crippen molar-refractivity contribution in [1.82, 2.24) is 30.4 Å². The van der Waals surface area contributed by atoms with Crippen LogP contribution in [0.25, 0.3) is 16.6 Å². The Kier molecular flexibility index (Phi) is 8.41. The molecule has 222 valence electrons. The maximum absolute atomic E-state index is 12.9. The summed E-state index contributed by atoms with van der Waals surface area (Å²) in [6, 6.07) is 12.9. The van der Waals surface area contributed by atoms with E-state index in [2.05, 4.69) is 25.5 Å². The highest BCUT2D eigenvalue weighted by Crippen LogP contribution is 2.30. The van der Waals surface area contributed by atoms with Crippen LogP contribution in [0, 0.1) is 5.41 Å². The fourth-order valence-electron chi connectivity index (χ4n) is 5.94. The lowest BCUT2D eigenvalue weighted by Gasteiger charge is -2.32. The third-order valence-corrected chi connectivity index (χ3v) is 8.34. The highest BCUT2D eigenvalue weighted by Gasteiger charge is 2.39. The maximum atomic E-state index is 12.9. The molecule has 0 aliphatic carbocycles.